The molecular weight excluding hydrogens is 342 g/mol. The minimum atomic E-state index is 0.730. The molecule has 28 heavy (non-hydrogen) atoms. The van der Waals surface area contributed by atoms with E-state index < -0.39 is 0 Å². The Morgan fingerprint density at radius 2 is 1.25 bits per heavy atom. The zero-order valence-electron chi connectivity index (χ0n) is 18.4. The lowest BCUT2D eigenvalue weighted by Crippen LogP contribution is -2.66. The number of rotatable bonds is 2. The monoisotopic (exact) mass is 385 g/mol. The van der Waals surface area contributed by atoms with E-state index in [1.54, 1.807) is 0 Å². The molecule has 3 aliphatic heterocycles. The first-order valence-corrected chi connectivity index (χ1v) is 12.8. The summed E-state index contributed by atoms with van der Waals surface area (Å²) in [6, 6.07) is 1.88. The molecule has 6 fully saturated rings. The smallest absolute Gasteiger partial charge is 0.0106 e. The Balaban J connectivity index is 0.942. The fourth-order valence-electron chi connectivity index (χ4n) is 8.72. The second-order valence-electron chi connectivity index (χ2n) is 12.5. The molecule has 3 saturated heterocycles. The van der Waals surface area contributed by atoms with Gasteiger partial charge in [0.05, 0.1) is 0 Å². The van der Waals surface area contributed by atoms with Crippen LogP contribution >= 0.6 is 0 Å². The minimum Gasteiger partial charge on any atom is -0.317 e. The molecule has 6 aliphatic rings. The van der Waals surface area contributed by atoms with Crippen LogP contribution in [0, 0.1) is 22.2 Å². The number of nitrogens with zero attached hydrogens (tertiary/aromatic N) is 2. The molecule has 158 valence electrons. The molecule has 3 spiro atoms. The van der Waals surface area contributed by atoms with Crippen LogP contribution in [0.5, 0.6) is 0 Å². The number of likely N-dealkylation sites (tertiary alicyclic amines) is 2. The van der Waals surface area contributed by atoms with Crippen molar-refractivity contribution < 1.29 is 0 Å². The van der Waals surface area contributed by atoms with E-state index in [9.17, 15) is 0 Å². The minimum absolute atomic E-state index is 0.730. The van der Waals surface area contributed by atoms with E-state index in [4.69, 9.17) is 0 Å². The van der Waals surface area contributed by atoms with Crippen molar-refractivity contribution >= 4 is 0 Å². The van der Waals surface area contributed by atoms with Crippen LogP contribution in [0.25, 0.3) is 0 Å². The van der Waals surface area contributed by atoms with Crippen molar-refractivity contribution in [3.63, 3.8) is 0 Å². The lowest BCUT2D eigenvalue weighted by atomic mass is 9.57. The molecule has 3 heteroatoms. The van der Waals surface area contributed by atoms with Crippen LogP contribution in [0.1, 0.15) is 84.0 Å². The lowest BCUT2D eigenvalue weighted by molar-refractivity contribution is -0.124. The highest BCUT2D eigenvalue weighted by molar-refractivity contribution is 5.08. The average Bonchev–Trinajstić information content (AvgIpc) is 2.65. The maximum Gasteiger partial charge on any atom is 0.0106 e. The van der Waals surface area contributed by atoms with Gasteiger partial charge >= 0.3 is 0 Å². The van der Waals surface area contributed by atoms with Crippen LogP contribution in [-0.4, -0.2) is 61.2 Å². The van der Waals surface area contributed by atoms with E-state index >= 15 is 0 Å². The summed E-state index contributed by atoms with van der Waals surface area (Å²) in [7, 11) is 0. The Morgan fingerprint density at radius 1 is 0.643 bits per heavy atom. The van der Waals surface area contributed by atoms with Gasteiger partial charge in [0, 0.05) is 25.2 Å². The van der Waals surface area contributed by atoms with Crippen molar-refractivity contribution in [2.75, 3.05) is 39.3 Å². The van der Waals surface area contributed by atoms with E-state index in [0.29, 0.717) is 0 Å². The van der Waals surface area contributed by atoms with Crippen LogP contribution in [0.4, 0.5) is 0 Å². The van der Waals surface area contributed by atoms with E-state index in [1.807, 2.05) is 0 Å². The van der Waals surface area contributed by atoms with Gasteiger partial charge in [0.15, 0.2) is 0 Å². The molecule has 0 unspecified atom stereocenters. The van der Waals surface area contributed by atoms with Gasteiger partial charge in [0.25, 0.3) is 0 Å². The number of piperidine rings is 2. The highest BCUT2D eigenvalue weighted by atomic mass is 15.3. The molecule has 0 atom stereocenters. The van der Waals surface area contributed by atoms with Crippen LogP contribution in [0.2, 0.25) is 0 Å². The summed E-state index contributed by atoms with van der Waals surface area (Å²) in [6.07, 6.45) is 18.0. The van der Waals surface area contributed by atoms with E-state index in [1.165, 1.54) is 116 Å². The Kier molecular flexibility index (Phi) is 4.45. The van der Waals surface area contributed by atoms with Gasteiger partial charge in [0.1, 0.15) is 0 Å². The molecular formula is C25H43N3. The van der Waals surface area contributed by atoms with Gasteiger partial charge < -0.3 is 10.2 Å². The van der Waals surface area contributed by atoms with Gasteiger partial charge in [-0.15, -0.1) is 0 Å². The normalized spacial score (nSPS) is 40.2. The van der Waals surface area contributed by atoms with Crippen molar-refractivity contribution in [3.8, 4) is 0 Å². The molecule has 0 radical (unpaired) electrons. The van der Waals surface area contributed by atoms with Gasteiger partial charge in [0.2, 0.25) is 0 Å². The maximum atomic E-state index is 3.55. The first-order chi connectivity index (χ1) is 13.6. The van der Waals surface area contributed by atoms with Crippen molar-refractivity contribution in [2.24, 2.45) is 22.2 Å². The van der Waals surface area contributed by atoms with Crippen LogP contribution in [0.3, 0.4) is 0 Å². The summed E-state index contributed by atoms with van der Waals surface area (Å²) < 4.78 is 0. The zero-order chi connectivity index (χ0) is 18.8. The first-order valence-electron chi connectivity index (χ1n) is 12.8. The molecule has 3 aliphatic carbocycles. The molecule has 3 saturated carbocycles. The number of nitrogens with one attached hydrogen (secondary N) is 1. The third-order valence-corrected chi connectivity index (χ3v) is 10.5. The Bertz CT molecular complexity index is 555. The highest BCUT2D eigenvalue weighted by Crippen LogP contribution is 2.55. The third-order valence-electron chi connectivity index (χ3n) is 10.5. The van der Waals surface area contributed by atoms with Crippen LogP contribution < -0.4 is 5.32 Å². The Morgan fingerprint density at radius 3 is 1.86 bits per heavy atom. The largest absolute Gasteiger partial charge is 0.317 e. The zero-order valence-corrected chi connectivity index (χ0v) is 18.4. The SMILES string of the molecule is CC1CC2(CCN(C3CCC4(CC3)CN(C3CC5(CCNCC5)C3)C4)CC2)C1. The van der Waals surface area contributed by atoms with Crippen molar-refractivity contribution in [1.82, 2.24) is 15.1 Å². The average molecular weight is 386 g/mol. The summed E-state index contributed by atoms with van der Waals surface area (Å²) >= 11 is 0. The van der Waals surface area contributed by atoms with Gasteiger partial charge in [-0.3, -0.25) is 4.90 Å². The van der Waals surface area contributed by atoms with Gasteiger partial charge in [-0.05, 0) is 125 Å². The summed E-state index contributed by atoms with van der Waals surface area (Å²) in [4.78, 5) is 5.79. The number of hydrogen-bond donors (Lipinski definition) is 1. The Labute approximate surface area is 173 Å². The fraction of sp³-hybridized carbons (Fsp3) is 1.00. The summed E-state index contributed by atoms with van der Waals surface area (Å²) in [5.74, 6) is 1.02. The summed E-state index contributed by atoms with van der Waals surface area (Å²) in [5.41, 5.74) is 2.27. The van der Waals surface area contributed by atoms with E-state index in [-0.39, 0.29) is 0 Å². The second kappa shape index (κ2) is 6.69. The molecule has 3 heterocycles. The molecule has 6 rings (SSSR count). The molecule has 0 amide bonds. The summed E-state index contributed by atoms with van der Waals surface area (Å²) in [6.45, 7) is 10.7. The topological polar surface area (TPSA) is 18.5 Å². The lowest BCUT2D eigenvalue weighted by Gasteiger charge is -2.63. The first kappa shape index (κ1) is 18.6. The van der Waals surface area contributed by atoms with Gasteiger partial charge in [-0.2, -0.15) is 0 Å². The quantitative estimate of drug-likeness (QED) is 0.765. The predicted molar refractivity (Wildman–Crippen MR) is 115 cm³/mol. The predicted octanol–water partition coefficient (Wildman–Crippen LogP) is 4.28. The molecule has 0 aromatic heterocycles. The molecule has 0 bridgehead atoms. The van der Waals surface area contributed by atoms with Crippen molar-refractivity contribution in [1.29, 1.82) is 0 Å². The Hall–Kier alpha value is -0.120. The maximum absolute atomic E-state index is 3.55. The molecule has 3 nitrogen and oxygen atoms in total. The van der Waals surface area contributed by atoms with Crippen molar-refractivity contribution in [3.05, 3.63) is 0 Å². The highest BCUT2D eigenvalue weighted by Gasteiger charge is 2.54. The number of hydrogen-bond acceptors (Lipinski definition) is 3. The van der Waals surface area contributed by atoms with Gasteiger partial charge in [-0.25, -0.2) is 0 Å². The van der Waals surface area contributed by atoms with E-state index in [0.717, 1.165) is 34.2 Å². The molecule has 1 N–H and O–H groups in total. The molecule has 0 aromatic rings. The van der Waals surface area contributed by atoms with Gasteiger partial charge in [-0.1, -0.05) is 6.92 Å². The fourth-order valence-corrected chi connectivity index (χ4v) is 8.72. The molecule has 0 aromatic carbocycles. The van der Waals surface area contributed by atoms with Crippen molar-refractivity contribution in [2.45, 2.75) is 96.1 Å². The van der Waals surface area contributed by atoms with E-state index in [2.05, 4.69) is 22.0 Å². The summed E-state index contributed by atoms with van der Waals surface area (Å²) in [5, 5.41) is 3.55. The van der Waals surface area contributed by atoms with Crippen LogP contribution in [0.15, 0.2) is 0 Å². The standard InChI is InChI=1S/C25H43N3/c1-20-14-24(15-20)8-12-27(13-9-24)21-2-4-25(5-3-21)18-28(19-25)22-16-23(17-22)6-10-26-11-7-23/h20-22,26H,2-19H2,1H3. The second-order valence-corrected chi connectivity index (χ2v) is 12.5. The third kappa shape index (κ3) is 3.10. The van der Waals surface area contributed by atoms with Crippen LogP contribution in [-0.2, 0) is 0 Å².